The van der Waals surface area contributed by atoms with E-state index in [1.165, 1.54) is 12.1 Å². The summed E-state index contributed by atoms with van der Waals surface area (Å²) in [7, 11) is 0. The molecule has 0 bridgehead atoms. The molecule has 1 rings (SSSR count). The average Bonchev–Trinajstić information content (AvgIpc) is 2.26. The number of hydrogen-bond acceptors (Lipinski definition) is 4. The minimum absolute atomic E-state index is 0.0184. The summed E-state index contributed by atoms with van der Waals surface area (Å²) in [6, 6.07) is 4.26. The maximum Gasteiger partial charge on any atom is 0.274 e. The Morgan fingerprint density at radius 1 is 1.47 bits per heavy atom. The summed E-state index contributed by atoms with van der Waals surface area (Å²) in [6.07, 6.45) is 1.22. The van der Waals surface area contributed by atoms with Gasteiger partial charge in [0.2, 0.25) is 0 Å². The van der Waals surface area contributed by atoms with E-state index < -0.39 is 4.92 Å². The fourth-order valence-corrected chi connectivity index (χ4v) is 1.71. The van der Waals surface area contributed by atoms with Crippen LogP contribution in [0.4, 0.5) is 5.69 Å². The molecule has 0 saturated carbocycles. The monoisotopic (exact) mass is 301 g/mol. The molecular formula is C11H12BrNO4. The van der Waals surface area contributed by atoms with E-state index >= 15 is 0 Å². The van der Waals surface area contributed by atoms with Gasteiger partial charge in [0.15, 0.2) is 5.78 Å². The Labute approximate surface area is 107 Å². The summed E-state index contributed by atoms with van der Waals surface area (Å²) < 4.78 is 5.75. The molecule has 1 aromatic carbocycles. The van der Waals surface area contributed by atoms with Crippen LogP contribution in [0.5, 0.6) is 5.75 Å². The van der Waals surface area contributed by atoms with Crippen molar-refractivity contribution in [3.8, 4) is 5.75 Å². The molecule has 0 spiro atoms. The van der Waals surface area contributed by atoms with Gasteiger partial charge in [-0.2, -0.15) is 0 Å². The number of ether oxygens (including phenoxy) is 1. The van der Waals surface area contributed by atoms with Crippen molar-refractivity contribution in [1.82, 2.24) is 0 Å². The Balaban J connectivity index is 2.71. The standard InChI is InChI=1S/C11H12BrNO4/c1-2-3-10(14)7-17-11-5-8(12)4-9(6-11)13(15)16/h4-6H,2-3,7H2,1H3. The van der Waals surface area contributed by atoms with E-state index in [0.717, 1.165) is 6.42 Å². The predicted molar refractivity (Wildman–Crippen MR) is 66.2 cm³/mol. The maximum atomic E-state index is 11.2. The lowest BCUT2D eigenvalue weighted by atomic mass is 10.2. The van der Waals surface area contributed by atoms with Crippen LogP contribution in [0.15, 0.2) is 22.7 Å². The highest BCUT2D eigenvalue weighted by Gasteiger charge is 2.10. The summed E-state index contributed by atoms with van der Waals surface area (Å²) in [6.45, 7) is 1.85. The number of nitro groups is 1. The molecule has 17 heavy (non-hydrogen) atoms. The van der Waals surface area contributed by atoms with Crippen molar-refractivity contribution in [1.29, 1.82) is 0 Å². The Bertz CT molecular complexity index is 433. The molecule has 0 aliphatic carbocycles. The zero-order valence-corrected chi connectivity index (χ0v) is 10.9. The number of hydrogen-bond donors (Lipinski definition) is 0. The van der Waals surface area contributed by atoms with Crippen molar-refractivity contribution in [2.45, 2.75) is 19.8 Å². The van der Waals surface area contributed by atoms with Gasteiger partial charge < -0.3 is 4.74 Å². The smallest absolute Gasteiger partial charge is 0.274 e. The summed E-state index contributed by atoms with van der Waals surface area (Å²) in [5.41, 5.74) is -0.0719. The van der Waals surface area contributed by atoms with Crippen molar-refractivity contribution >= 4 is 27.4 Å². The number of carbonyl (C=O) groups is 1. The number of ketones is 1. The van der Waals surface area contributed by atoms with Gasteiger partial charge in [-0.05, 0) is 12.5 Å². The topological polar surface area (TPSA) is 69.4 Å². The largest absolute Gasteiger partial charge is 0.486 e. The zero-order valence-electron chi connectivity index (χ0n) is 9.31. The third-order valence-electron chi connectivity index (χ3n) is 2.00. The fraction of sp³-hybridized carbons (Fsp3) is 0.364. The quantitative estimate of drug-likeness (QED) is 0.598. The van der Waals surface area contributed by atoms with E-state index in [2.05, 4.69) is 15.9 Å². The van der Waals surface area contributed by atoms with Gasteiger partial charge in [0, 0.05) is 17.0 Å². The lowest BCUT2D eigenvalue weighted by Gasteiger charge is -2.05. The van der Waals surface area contributed by atoms with E-state index in [-0.39, 0.29) is 18.1 Å². The van der Waals surface area contributed by atoms with Crippen LogP contribution in [-0.4, -0.2) is 17.3 Å². The lowest BCUT2D eigenvalue weighted by Crippen LogP contribution is -2.10. The molecular weight excluding hydrogens is 290 g/mol. The lowest BCUT2D eigenvalue weighted by molar-refractivity contribution is -0.385. The molecule has 0 fully saturated rings. The second kappa shape index (κ2) is 6.34. The molecule has 0 aromatic heterocycles. The molecule has 6 heteroatoms. The minimum atomic E-state index is -0.508. The van der Waals surface area contributed by atoms with Crippen LogP contribution in [0.1, 0.15) is 19.8 Å². The van der Waals surface area contributed by atoms with Gasteiger partial charge in [-0.15, -0.1) is 0 Å². The molecule has 0 heterocycles. The zero-order chi connectivity index (χ0) is 12.8. The maximum absolute atomic E-state index is 11.2. The van der Waals surface area contributed by atoms with Crippen LogP contribution in [0.2, 0.25) is 0 Å². The predicted octanol–water partition coefficient (Wildman–Crippen LogP) is 3.11. The van der Waals surface area contributed by atoms with E-state index in [4.69, 9.17) is 4.74 Å². The van der Waals surface area contributed by atoms with Crippen LogP contribution < -0.4 is 4.74 Å². The first-order valence-electron chi connectivity index (χ1n) is 5.12. The Hall–Kier alpha value is -1.43. The molecule has 0 amide bonds. The van der Waals surface area contributed by atoms with Gasteiger partial charge in [0.05, 0.1) is 11.0 Å². The number of benzene rings is 1. The third kappa shape index (κ3) is 4.52. The SMILES string of the molecule is CCCC(=O)COc1cc(Br)cc([N+](=O)[O-])c1. The van der Waals surface area contributed by atoms with Crippen molar-refractivity contribution < 1.29 is 14.5 Å². The normalized spacial score (nSPS) is 10.0. The molecule has 0 unspecified atom stereocenters. The van der Waals surface area contributed by atoms with E-state index in [1.807, 2.05) is 6.92 Å². The molecule has 0 radical (unpaired) electrons. The number of nitro benzene ring substituents is 1. The summed E-state index contributed by atoms with van der Waals surface area (Å²) in [5, 5.41) is 10.6. The molecule has 0 aliphatic heterocycles. The first-order valence-corrected chi connectivity index (χ1v) is 5.91. The Morgan fingerprint density at radius 3 is 2.76 bits per heavy atom. The summed E-state index contributed by atoms with van der Waals surface area (Å²) >= 11 is 3.15. The van der Waals surface area contributed by atoms with Crippen molar-refractivity contribution in [3.63, 3.8) is 0 Å². The van der Waals surface area contributed by atoms with Crippen LogP contribution >= 0.6 is 15.9 Å². The molecule has 0 saturated heterocycles. The minimum Gasteiger partial charge on any atom is -0.486 e. The highest BCUT2D eigenvalue weighted by Crippen LogP contribution is 2.26. The fourth-order valence-electron chi connectivity index (χ4n) is 1.25. The highest BCUT2D eigenvalue weighted by molar-refractivity contribution is 9.10. The molecule has 1 aromatic rings. The number of non-ortho nitro benzene ring substituents is 1. The van der Waals surface area contributed by atoms with Gasteiger partial charge in [-0.1, -0.05) is 22.9 Å². The van der Waals surface area contributed by atoms with Crippen molar-refractivity contribution in [2.75, 3.05) is 6.61 Å². The van der Waals surface area contributed by atoms with Gasteiger partial charge >= 0.3 is 0 Å². The van der Waals surface area contributed by atoms with E-state index in [1.54, 1.807) is 6.07 Å². The first kappa shape index (κ1) is 13.6. The molecule has 92 valence electrons. The first-order chi connectivity index (χ1) is 8.02. The average molecular weight is 302 g/mol. The van der Waals surface area contributed by atoms with Crippen LogP contribution in [0.25, 0.3) is 0 Å². The van der Waals surface area contributed by atoms with Gasteiger partial charge in [-0.25, -0.2) is 0 Å². The Morgan fingerprint density at radius 2 is 2.18 bits per heavy atom. The number of halogens is 1. The van der Waals surface area contributed by atoms with Crippen molar-refractivity contribution in [2.24, 2.45) is 0 Å². The van der Waals surface area contributed by atoms with Gasteiger partial charge in [0.1, 0.15) is 12.4 Å². The number of Topliss-reactive ketones (excluding diaryl/α,β-unsaturated/α-hetero) is 1. The van der Waals surface area contributed by atoms with Gasteiger partial charge in [0.25, 0.3) is 5.69 Å². The molecule has 5 nitrogen and oxygen atoms in total. The molecule has 0 atom stereocenters. The Kier molecular flexibility index (Phi) is 5.09. The van der Waals surface area contributed by atoms with E-state index in [0.29, 0.717) is 16.6 Å². The molecule has 0 N–H and O–H groups in total. The van der Waals surface area contributed by atoms with Crippen LogP contribution in [0.3, 0.4) is 0 Å². The van der Waals surface area contributed by atoms with Crippen LogP contribution in [-0.2, 0) is 4.79 Å². The van der Waals surface area contributed by atoms with Gasteiger partial charge in [-0.3, -0.25) is 14.9 Å². The van der Waals surface area contributed by atoms with Crippen LogP contribution in [0, 0.1) is 10.1 Å². The second-order valence-electron chi connectivity index (χ2n) is 3.48. The highest BCUT2D eigenvalue weighted by atomic mass is 79.9. The second-order valence-corrected chi connectivity index (χ2v) is 4.40. The number of carbonyl (C=O) groups excluding carboxylic acids is 1. The summed E-state index contributed by atoms with van der Waals surface area (Å²) in [5.74, 6) is 0.297. The number of rotatable bonds is 6. The third-order valence-corrected chi connectivity index (χ3v) is 2.45. The number of nitrogens with zero attached hydrogens (tertiary/aromatic N) is 1. The molecule has 0 aliphatic rings. The van der Waals surface area contributed by atoms with E-state index in [9.17, 15) is 14.9 Å². The van der Waals surface area contributed by atoms with Crippen molar-refractivity contribution in [3.05, 3.63) is 32.8 Å². The summed E-state index contributed by atoms with van der Waals surface area (Å²) in [4.78, 5) is 21.3.